The summed E-state index contributed by atoms with van der Waals surface area (Å²) in [5.74, 6) is -3.33. The molecule has 0 saturated heterocycles. The van der Waals surface area contributed by atoms with Gasteiger partial charge in [-0.05, 0) is 36.8 Å². The summed E-state index contributed by atoms with van der Waals surface area (Å²) in [5, 5.41) is 0. The van der Waals surface area contributed by atoms with Crippen LogP contribution in [-0.4, -0.2) is 5.78 Å². The lowest BCUT2D eigenvalue weighted by molar-refractivity contribution is 0.103. The van der Waals surface area contributed by atoms with E-state index < -0.39 is 23.2 Å². The van der Waals surface area contributed by atoms with Crippen molar-refractivity contribution >= 4 is 21.7 Å². The lowest BCUT2D eigenvalue weighted by atomic mass is 10.0. The van der Waals surface area contributed by atoms with Crippen molar-refractivity contribution in [3.05, 3.63) is 68.9 Å². The summed E-state index contributed by atoms with van der Waals surface area (Å²) in [4.78, 5) is 12.1. The molecule has 0 unspecified atom stereocenters. The van der Waals surface area contributed by atoms with E-state index in [9.17, 15) is 18.0 Å². The van der Waals surface area contributed by atoms with Gasteiger partial charge in [0.05, 0.1) is 11.1 Å². The summed E-state index contributed by atoms with van der Waals surface area (Å²) in [6.45, 7) is 1.41. The zero-order valence-electron chi connectivity index (χ0n) is 9.81. The quantitative estimate of drug-likeness (QED) is 0.746. The fourth-order valence-corrected chi connectivity index (χ4v) is 2.01. The van der Waals surface area contributed by atoms with Crippen molar-refractivity contribution in [3.63, 3.8) is 0 Å². The van der Waals surface area contributed by atoms with E-state index >= 15 is 0 Å². The van der Waals surface area contributed by atoms with E-state index in [-0.39, 0.29) is 16.7 Å². The van der Waals surface area contributed by atoms with Gasteiger partial charge in [-0.1, -0.05) is 15.9 Å². The number of ketones is 1. The molecule has 0 radical (unpaired) electrons. The number of halogens is 4. The summed E-state index contributed by atoms with van der Waals surface area (Å²) in [6.07, 6.45) is 0. The maximum absolute atomic E-state index is 13.6. The van der Waals surface area contributed by atoms with E-state index in [2.05, 4.69) is 15.9 Å². The summed E-state index contributed by atoms with van der Waals surface area (Å²) in [6, 6.07) is 5.49. The molecule has 0 aliphatic carbocycles. The van der Waals surface area contributed by atoms with Crippen LogP contribution in [0.1, 0.15) is 21.5 Å². The van der Waals surface area contributed by atoms with Crippen molar-refractivity contribution in [2.75, 3.05) is 0 Å². The molecule has 0 bridgehead atoms. The first-order valence-electron chi connectivity index (χ1n) is 5.35. The Morgan fingerprint density at radius 2 is 1.58 bits per heavy atom. The van der Waals surface area contributed by atoms with Crippen LogP contribution in [0.25, 0.3) is 0 Å². The third kappa shape index (κ3) is 2.71. The van der Waals surface area contributed by atoms with Crippen LogP contribution in [-0.2, 0) is 0 Å². The van der Waals surface area contributed by atoms with Gasteiger partial charge in [-0.25, -0.2) is 13.2 Å². The lowest BCUT2D eigenvalue weighted by Gasteiger charge is -2.06. The predicted molar refractivity (Wildman–Crippen MR) is 68.6 cm³/mol. The van der Waals surface area contributed by atoms with Gasteiger partial charge in [0.15, 0.2) is 5.78 Å². The third-order valence-electron chi connectivity index (χ3n) is 2.67. The van der Waals surface area contributed by atoms with Gasteiger partial charge in [-0.2, -0.15) is 0 Å². The maximum atomic E-state index is 13.6. The fraction of sp³-hybridized carbons (Fsp3) is 0.0714. The second-order valence-corrected chi connectivity index (χ2v) is 4.95. The third-order valence-corrected chi connectivity index (χ3v) is 3.16. The zero-order valence-corrected chi connectivity index (χ0v) is 11.4. The smallest absolute Gasteiger partial charge is 0.198 e. The second kappa shape index (κ2) is 5.17. The first-order chi connectivity index (χ1) is 8.90. The Labute approximate surface area is 116 Å². The molecule has 0 amide bonds. The van der Waals surface area contributed by atoms with Gasteiger partial charge in [0, 0.05) is 10.5 Å². The molecule has 0 aliphatic heterocycles. The number of hydrogen-bond donors (Lipinski definition) is 0. The van der Waals surface area contributed by atoms with Crippen LogP contribution in [0.3, 0.4) is 0 Å². The standard InChI is InChI=1S/C14H8BrF3O/c1-7-4-9(13(18)6-12(7)17)14(19)10-5-8(15)2-3-11(10)16/h2-6H,1H3. The van der Waals surface area contributed by atoms with Crippen molar-refractivity contribution in [2.45, 2.75) is 6.92 Å². The molecule has 2 aromatic carbocycles. The van der Waals surface area contributed by atoms with E-state index in [1.54, 1.807) is 0 Å². The Hall–Kier alpha value is -1.62. The first-order valence-corrected chi connectivity index (χ1v) is 6.15. The van der Waals surface area contributed by atoms with E-state index in [1.807, 2.05) is 0 Å². The highest BCUT2D eigenvalue weighted by molar-refractivity contribution is 9.10. The minimum atomic E-state index is -1.01. The SMILES string of the molecule is Cc1cc(C(=O)c2cc(Br)ccc2F)c(F)cc1F. The summed E-state index contributed by atoms with van der Waals surface area (Å²) in [7, 11) is 0. The van der Waals surface area contributed by atoms with E-state index in [0.717, 1.165) is 12.1 Å². The van der Waals surface area contributed by atoms with Crippen molar-refractivity contribution < 1.29 is 18.0 Å². The number of carbonyl (C=O) groups is 1. The molecule has 98 valence electrons. The normalized spacial score (nSPS) is 10.6. The number of aryl methyl sites for hydroxylation is 1. The van der Waals surface area contributed by atoms with Gasteiger partial charge in [-0.15, -0.1) is 0 Å². The molecule has 0 saturated carbocycles. The number of carbonyl (C=O) groups excluding carboxylic acids is 1. The number of rotatable bonds is 2. The molecule has 2 rings (SSSR count). The summed E-state index contributed by atoms with van der Waals surface area (Å²) < 4.78 is 40.8. The molecule has 0 N–H and O–H groups in total. The molecule has 0 fully saturated rings. The van der Waals surface area contributed by atoms with Crippen LogP contribution in [0.5, 0.6) is 0 Å². The largest absolute Gasteiger partial charge is 0.288 e. The molecular formula is C14H8BrF3O. The Morgan fingerprint density at radius 1 is 0.947 bits per heavy atom. The van der Waals surface area contributed by atoms with E-state index in [1.165, 1.54) is 19.1 Å². The van der Waals surface area contributed by atoms with Gasteiger partial charge in [0.2, 0.25) is 0 Å². The molecule has 0 heterocycles. The van der Waals surface area contributed by atoms with Crippen LogP contribution < -0.4 is 0 Å². The van der Waals surface area contributed by atoms with Gasteiger partial charge in [-0.3, -0.25) is 4.79 Å². The second-order valence-electron chi connectivity index (χ2n) is 4.03. The van der Waals surface area contributed by atoms with Crippen molar-refractivity contribution in [2.24, 2.45) is 0 Å². The molecule has 0 spiro atoms. The summed E-state index contributed by atoms with van der Waals surface area (Å²) in [5.41, 5.74) is -0.490. The highest BCUT2D eigenvalue weighted by Crippen LogP contribution is 2.22. The van der Waals surface area contributed by atoms with Crippen LogP contribution in [0.15, 0.2) is 34.8 Å². The topological polar surface area (TPSA) is 17.1 Å². The molecular weight excluding hydrogens is 321 g/mol. The van der Waals surface area contributed by atoms with Gasteiger partial charge >= 0.3 is 0 Å². The average Bonchev–Trinajstić information content (AvgIpc) is 2.36. The summed E-state index contributed by atoms with van der Waals surface area (Å²) >= 11 is 3.11. The predicted octanol–water partition coefficient (Wildman–Crippen LogP) is 4.41. The van der Waals surface area contributed by atoms with Crippen LogP contribution >= 0.6 is 15.9 Å². The minimum absolute atomic E-state index is 0.125. The van der Waals surface area contributed by atoms with Crippen molar-refractivity contribution in [3.8, 4) is 0 Å². The van der Waals surface area contributed by atoms with E-state index in [0.29, 0.717) is 10.5 Å². The van der Waals surface area contributed by atoms with Gasteiger partial charge in [0.25, 0.3) is 0 Å². The monoisotopic (exact) mass is 328 g/mol. The molecule has 5 heteroatoms. The highest BCUT2D eigenvalue weighted by Gasteiger charge is 2.19. The zero-order chi connectivity index (χ0) is 14.2. The maximum Gasteiger partial charge on any atom is 0.198 e. The van der Waals surface area contributed by atoms with Crippen LogP contribution in [0.4, 0.5) is 13.2 Å². The Bertz CT molecular complexity index is 668. The van der Waals surface area contributed by atoms with Crippen molar-refractivity contribution in [1.82, 2.24) is 0 Å². The molecule has 0 atom stereocenters. The molecule has 19 heavy (non-hydrogen) atoms. The molecule has 0 aromatic heterocycles. The van der Waals surface area contributed by atoms with Crippen LogP contribution in [0, 0.1) is 24.4 Å². The lowest BCUT2D eigenvalue weighted by Crippen LogP contribution is -2.08. The minimum Gasteiger partial charge on any atom is -0.288 e. The van der Waals surface area contributed by atoms with Crippen LogP contribution in [0.2, 0.25) is 0 Å². The average molecular weight is 329 g/mol. The number of benzene rings is 2. The van der Waals surface area contributed by atoms with Gasteiger partial charge < -0.3 is 0 Å². The molecule has 2 aromatic rings. The Kier molecular flexibility index (Phi) is 3.75. The van der Waals surface area contributed by atoms with E-state index in [4.69, 9.17) is 0 Å². The van der Waals surface area contributed by atoms with Crippen molar-refractivity contribution in [1.29, 1.82) is 0 Å². The molecule has 1 nitrogen and oxygen atoms in total. The highest BCUT2D eigenvalue weighted by atomic mass is 79.9. The number of hydrogen-bond acceptors (Lipinski definition) is 1. The first kappa shape index (κ1) is 13.8. The fourth-order valence-electron chi connectivity index (χ4n) is 1.65. The Morgan fingerprint density at radius 3 is 2.26 bits per heavy atom. The molecule has 0 aliphatic rings. The Balaban J connectivity index is 2.56. The van der Waals surface area contributed by atoms with Gasteiger partial charge in [0.1, 0.15) is 17.5 Å².